The van der Waals surface area contributed by atoms with Crippen molar-refractivity contribution in [3.05, 3.63) is 199 Å². The zero-order chi connectivity index (χ0) is 37.4. The normalized spacial score (nSPS) is 12.2. The van der Waals surface area contributed by atoms with Crippen LogP contribution in [-0.4, -0.2) is 8.80 Å². The molecule has 12 rings (SSSR count). The summed E-state index contributed by atoms with van der Waals surface area (Å²) in [5, 5.41) is 6.37. The predicted octanol–water partition coefficient (Wildman–Crippen LogP) is 9.91. The van der Waals surface area contributed by atoms with E-state index in [4.69, 9.17) is 0 Å². The fraction of sp³-hybridized carbons (Fsp3) is 0. The summed E-state index contributed by atoms with van der Waals surface area (Å²) >= 11 is 0. The van der Waals surface area contributed by atoms with Gasteiger partial charge < -0.3 is 8.80 Å². The van der Waals surface area contributed by atoms with E-state index in [0.717, 1.165) is 55.1 Å². The molecule has 0 unspecified atom stereocenters. The lowest BCUT2D eigenvalue weighted by atomic mass is 9.90. The third kappa shape index (κ3) is 3.94. The molecule has 8 aromatic carbocycles. The van der Waals surface area contributed by atoms with E-state index in [1.54, 1.807) is 36.4 Å². The minimum absolute atomic E-state index is 0.0900. The molecule has 56 heavy (non-hydrogen) atoms. The summed E-state index contributed by atoms with van der Waals surface area (Å²) in [7, 11) is 0. The van der Waals surface area contributed by atoms with Crippen molar-refractivity contribution in [1.82, 2.24) is 8.80 Å². The molecule has 0 saturated carbocycles. The molecule has 4 heterocycles. The number of hydrogen-bond donors (Lipinski definition) is 0. The molecular weight excluding hydrogens is 693 g/mol. The van der Waals surface area contributed by atoms with Crippen LogP contribution in [0.2, 0.25) is 0 Å². The quantitative estimate of drug-likeness (QED) is 0.132. The summed E-state index contributed by atoms with van der Waals surface area (Å²) in [5.41, 5.74) is 7.25. The van der Waals surface area contributed by atoms with Crippen molar-refractivity contribution >= 4 is 87.0 Å². The van der Waals surface area contributed by atoms with E-state index in [1.165, 1.54) is 0 Å². The minimum atomic E-state index is -0.137. The molecule has 0 atom stereocenters. The topological polar surface area (TPSA) is 77.1 Å². The van der Waals surface area contributed by atoms with Gasteiger partial charge in [0.25, 0.3) is 0 Å². The van der Waals surface area contributed by atoms with E-state index in [1.807, 2.05) is 106 Å². The van der Waals surface area contributed by atoms with Gasteiger partial charge in [-0.05, 0) is 118 Å². The van der Waals surface area contributed by atoms with Crippen LogP contribution in [0.1, 0.15) is 0 Å². The molecule has 0 bridgehead atoms. The number of benzene rings is 8. The zero-order valence-corrected chi connectivity index (χ0v) is 29.5. The summed E-state index contributed by atoms with van der Waals surface area (Å²) in [6.45, 7) is 0. The number of hydrogen-bond acceptors (Lipinski definition) is 4. The molecule has 0 aliphatic rings. The van der Waals surface area contributed by atoms with E-state index < -0.39 is 0 Å². The maximum absolute atomic E-state index is 14.4. The largest absolute Gasteiger partial charge is 0.308 e. The zero-order valence-electron chi connectivity index (χ0n) is 29.5. The van der Waals surface area contributed by atoms with Gasteiger partial charge in [-0.25, -0.2) is 0 Å². The molecule has 0 N–H and O–H groups in total. The number of rotatable bonds is 2. The van der Waals surface area contributed by atoms with Crippen molar-refractivity contribution in [2.24, 2.45) is 0 Å². The Morgan fingerprint density at radius 3 is 1.05 bits per heavy atom. The fourth-order valence-electron chi connectivity index (χ4n) is 9.22. The van der Waals surface area contributed by atoms with Gasteiger partial charge in [0.2, 0.25) is 0 Å². The Balaban J connectivity index is 1.17. The van der Waals surface area contributed by atoms with Gasteiger partial charge in [-0.3, -0.25) is 19.2 Å². The van der Waals surface area contributed by atoms with Crippen molar-refractivity contribution in [1.29, 1.82) is 0 Å². The molecule has 0 aliphatic carbocycles. The first-order chi connectivity index (χ1) is 27.5. The average molecular weight is 719 g/mol. The Labute approximate surface area is 315 Å². The van der Waals surface area contributed by atoms with Gasteiger partial charge in [-0.1, -0.05) is 72.8 Å². The highest BCUT2D eigenvalue weighted by Crippen LogP contribution is 2.39. The van der Waals surface area contributed by atoms with E-state index in [2.05, 4.69) is 24.3 Å². The number of para-hydroxylation sites is 4. The molecule has 0 saturated heterocycles. The van der Waals surface area contributed by atoms with Crippen LogP contribution in [0.4, 0.5) is 0 Å². The fourth-order valence-corrected chi connectivity index (χ4v) is 9.22. The van der Waals surface area contributed by atoms with Crippen LogP contribution in [0, 0.1) is 0 Å². The Bertz CT molecular complexity index is 3720. The summed E-state index contributed by atoms with van der Waals surface area (Å²) in [6.07, 6.45) is 0. The molecule has 0 aliphatic heterocycles. The Morgan fingerprint density at radius 1 is 0.286 bits per heavy atom. The van der Waals surface area contributed by atoms with Crippen LogP contribution < -0.4 is 21.7 Å². The van der Waals surface area contributed by atoms with E-state index in [0.29, 0.717) is 54.1 Å². The SMILES string of the molecule is O=c1c2ccccc2n2c3ccc(-c4cc5ccccc5cc4-c4ccc5c(c4)c(=O)c4cccc6c(=O)c7ccccc7n5c64)cc3c(=O)c3cccc1c32. The van der Waals surface area contributed by atoms with E-state index in [-0.39, 0.29) is 21.7 Å². The van der Waals surface area contributed by atoms with Crippen LogP contribution in [0.5, 0.6) is 0 Å². The van der Waals surface area contributed by atoms with E-state index in [9.17, 15) is 19.2 Å². The highest BCUT2D eigenvalue weighted by molar-refractivity contribution is 6.10. The van der Waals surface area contributed by atoms with Crippen LogP contribution in [0.3, 0.4) is 0 Å². The molecule has 4 aromatic heterocycles. The number of nitrogens with zero attached hydrogens (tertiary/aromatic N) is 2. The van der Waals surface area contributed by atoms with Gasteiger partial charge in [-0.15, -0.1) is 0 Å². The van der Waals surface area contributed by atoms with Gasteiger partial charge >= 0.3 is 0 Å². The lowest BCUT2D eigenvalue weighted by Gasteiger charge is -2.17. The molecule has 0 amide bonds. The second kappa shape index (κ2) is 10.9. The number of aromatic nitrogens is 2. The second-order valence-electron chi connectivity index (χ2n) is 14.6. The van der Waals surface area contributed by atoms with Crippen LogP contribution in [0.15, 0.2) is 177 Å². The van der Waals surface area contributed by atoms with Gasteiger partial charge in [0.1, 0.15) is 0 Å². The van der Waals surface area contributed by atoms with Crippen LogP contribution in [0.25, 0.3) is 109 Å². The van der Waals surface area contributed by atoms with Crippen LogP contribution >= 0.6 is 0 Å². The predicted molar refractivity (Wildman–Crippen MR) is 229 cm³/mol. The average Bonchev–Trinajstić information content (AvgIpc) is 3.25. The molecule has 0 fully saturated rings. The van der Waals surface area contributed by atoms with Gasteiger partial charge in [-0.2, -0.15) is 0 Å². The first kappa shape index (κ1) is 30.7. The molecule has 260 valence electrons. The number of pyridine rings is 4. The number of fused-ring (bicyclic) bond motifs is 9. The maximum Gasteiger partial charge on any atom is 0.197 e. The van der Waals surface area contributed by atoms with Gasteiger partial charge in [0, 0.05) is 43.1 Å². The van der Waals surface area contributed by atoms with Gasteiger partial charge in [0.15, 0.2) is 21.7 Å². The summed E-state index contributed by atoms with van der Waals surface area (Å²) in [5.74, 6) is 0. The first-order valence-corrected chi connectivity index (χ1v) is 18.5. The van der Waals surface area contributed by atoms with Crippen molar-refractivity contribution < 1.29 is 0 Å². The third-order valence-electron chi connectivity index (χ3n) is 11.7. The highest BCUT2D eigenvalue weighted by Gasteiger charge is 2.21. The molecule has 6 nitrogen and oxygen atoms in total. The highest BCUT2D eigenvalue weighted by atomic mass is 16.1. The van der Waals surface area contributed by atoms with E-state index >= 15 is 0 Å². The van der Waals surface area contributed by atoms with Crippen molar-refractivity contribution in [2.75, 3.05) is 0 Å². The third-order valence-corrected chi connectivity index (χ3v) is 11.7. The molecular formula is C50H26N2O4. The summed E-state index contributed by atoms with van der Waals surface area (Å²) in [6, 6.07) is 50.3. The molecule has 12 aromatic rings. The second-order valence-corrected chi connectivity index (χ2v) is 14.6. The van der Waals surface area contributed by atoms with Crippen LogP contribution in [-0.2, 0) is 0 Å². The maximum atomic E-state index is 14.4. The molecule has 6 heteroatoms. The lowest BCUT2D eigenvalue weighted by Crippen LogP contribution is -2.14. The monoisotopic (exact) mass is 718 g/mol. The minimum Gasteiger partial charge on any atom is -0.308 e. The Morgan fingerprint density at radius 2 is 0.625 bits per heavy atom. The smallest absolute Gasteiger partial charge is 0.197 e. The molecule has 0 spiro atoms. The molecule has 0 radical (unpaired) electrons. The summed E-state index contributed by atoms with van der Waals surface area (Å²) in [4.78, 5) is 56.0. The van der Waals surface area contributed by atoms with Crippen molar-refractivity contribution in [3.8, 4) is 22.3 Å². The summed E-state index contributed by atoms with van der Waals surface area (Å²) < 4.78 is 4.10. The van der Waals surface area contributed by atoms with Crippen molar-refractivity contribution in [2.45, 2.75) is 0 Å². The Kier molecular flexibility index (Phi) is 6.00. The Hall–Kier alpha value is -7.70. The van der Waals surface area contributed by atoms with Gasteiger partial charge in [0.05, 0.1) is 33.1 Å². The standard InChI is InChI=1S/C50H26N2O4/c53-47-31-11-3-5-17-41(31)51-43-21-19-29(25-39(43)49(55)35-15-7-13-33(47)45(35)51)37-23-27-9-1-2-10-28(27)24-38(37)30-20-22-44-40(26-30)50(56)36-16-8-14-34-46(36)52(44)42-18-6-4-12-32(42)48(34)54/h1-26H. The van der Waals surface area contributed by atoms with Crippen molar-refractivity contribution in [3.63, 3.8) is 0 Å². The lowest BCUT2D eigenvalue weighted by molar-refractivity contribution is 1.31. The first-order valence-electron chi connectivity index (χ1n) is 18.5.